The SMILES string of the molecule is CC1=C(C)C(=O)O[C@@H]([C@](C)(O)[C@]2(O)CC[C@@]3(O)[C@@H]4C[C@H]5O[C@]56CCCC(=O)[C@]6(C)[C@H]4CC[C@]23CO)C1. The van der Waals surface area contributed by atoms with Gasteiger partial charge in [-0.05, 0) is 84.5 Å². The Labute approximate surface area is 212 Å². The molecule has 2 heterocycles. The van der Waals surface area contributed by atoms with Crippen molar-refractivity contribution in [3.8, 4) is 0 Å². The van der Waals surface area contributed by atoms with Gasteiger partial charge in [0.2, 0.25) is 0 Å². The Kier molecular flexibility index (Phi) is 5.00. The third kappa shape index (κ3) is 2.49. The zero-order valence-corrected chi connectivity index (χ0v) is 21.8. The molecule has 0 aromatic heterocycles. The smallest absolute Gasteiger partial charge is 0.334 e. The second-order valence-corrected chi connectivity index (χ2v) is 13.1. The summed E-state index contributed by atoms with van der Waals surface area (Å²) in [6.45, 7) is 6.45. The second kappa shape index (κ2) is 7.20. The minimum Gasteiger partial charge on any atom is -0.455 e. The number of ether oxygens (including phenoxy) is 2. The number of Topliss-reactive ketones (excluding diaryl/α,β-unsaturated/α-hetero) is 1. The molecule has 4 N–H and O–H groups in total. The maximum absolute atomic E-state index is 13.4. The summed E-state index contributed by atoms with van der Waals surface area (Å²) in [6.07, 6.45) is 2.93. The first kappa shape index (κ1) is 25.0. The number of esters is 1. The summed E-state index contributed by atoms with van der Waals surface area (Å²) in [5.74, 6) is -0.811. The summed E-state index contributed by atoms with van der Waals surface area (Å²) < 4.78 is 11.9. The summed E-state index contributed by atoms with van der Waals surface area (Å²) in [4.78, 5) is 25.9. The molecule has 8 heteroatoms. The van der Waals surface area contributed by atoms with Gasteiger partial charge in [0, 0.05) is 18.4 Å². The van der Waals surface area contributed by atoms with E-state index >= 15 is 0 Å². The highest BCUT2D eigenvalue weighted by molar-refractivity contribution is 5.90. The standard InChI is InChI=1S/C28H40O8/c1-15-12-20(35-22(31)16(15)2)24(4,32)28(34)11-10-26(33)18-13-21-27(36-21)8-5-6-19(30)23(27,3)17(18)7-9-25(26,28)14-29/h17-18,20-21,29,32-34H,5-14H2,1-4H3/t17-,18+,20+,21+,23-,24-,25+,26+,27+,28+/m0/s1. The Morgan fingerprint density at radius 2 is 1.81 bits per heavy atom. The highest BCUT2D eigenvalue weighted by Gasteiger charge is 2.83. The van der Waals surface area contributed by atoms with Crippen molar-refractivity contribution < 1.29 is 39.5 Å². The highest BCUT2D eigenvalue weighted by atomic mass is 16.6. The first-order valence-electron chi connectivity index (χ1n) is 13.6. The Balaban J connectivity index is 1.41. The summed E-state index contributed by atoms with van der Waals surface area (Å²) in [5.41, 5.74) is -6.60. The van der Waals surface area contributed by atoms with Crippen molar-refractivity contribution in [1.82, 2.24) is 0 Å². The summed E-state index contributed by atoms with van der Waals surface area (Å²) >= 11 is 0. The van der Waals surface area contributed by atoms with Crippen molar-refractivity contribution in [2.24, 2.45) is 22.7 Å². The predicted molar refractivity (Wildman–Crippen MR) is 128 cm³/mol. The van der Waals surface area contributed by atoms with Gasteiger partial charge < -0.3 is 29.9 Å². The van der Waals surface area contributed by atoms with E-state index in [-0.39, 0.29) is 49.4 Å². The molecule has 0 aromatic rings. The van der Waals surface area contributed by atoms with Gasteiger partial charge in [-0.15, -0.1) is 0 Å². The summed E-state index contributed by atoms with van der Waals surface area (Å²) in [5, 5.41) is 47.8. The van der Waals surface area contributed by atoms with Crippen LogP contribution in [0.4, 0.5) is 0 Å². The Bertz CT molecular complexity index is 1070. The molecule has 200 valence electrons. The van der Waals surface area contributed by atoms with Crippen LogP contribution in [0.15, 0.2) is 11.1 Å². The minimum absolute atomic E-state index is 0.0530. The lowest BCUT2D eigenvalue weighted by atomic mass is 9.41. The largest absolute Gasteiger partial charge is 0.455 e. The van der Waals surface area contributed by atoms with E-state index in [2.05, 4.69) is 0 Å². The number of hydrogen-bond acceptors (Lipinski definition) is 8. The van der Waals surface area contributed by atoms with E-state index in [9.17, 15) is 30.0 Å². The van der Waals surface area contributed by atoms with Crippen molar-refractivity contribution in [3.05, 3.63) is 11.1 Å². The Morgan fingerprint density at radius 1 is 1.08 bits per heavy atom. The number of aliphatic hydroxyl groups is 4. The predicted octanol–water partition coefficient (Wildman–Crippen LogP) is 1.95. The van der Waals surface area contributed by atoms with Crippen molar-refractivity contribution in [2.75, 3.05) is 6.61 Å². The number of epoxide rings is 1. The third-order valence-corrected chi connectivity index (χ3v) is 12.3. The van der Waals surface area contributed by atoms with Gasteiger partial charge in [-0.1, -0.05) is 5.57 Å². The first-order chi connectivity index (χ1) is 16.8. The molecule has 0 radical (unpaired) electrons. The van der Waals surface area contributed by atoms with Gasteiger partial charge in [0.15, 0.2) is 0 Å². The number of fused-ring (bicyclic) bond motifs is 4. The second-order valence-electron chi connectivity index (χ2n) is 13.1. The fraction of sp³-hybridized carbons (Fsp3) is 0.857. The summed E-state index contributed by atoms with van der Waals surface area (Å²) in [6, 6.07) is 0. The minimum atomic E-state index is -1.91. The molecule has 0 bridgehead atoms. The molecule has 6 rings (SSSR count). The van der Waals surface area contributed by atoms with Crippen LogP contribution in [0.2, 0.25) is 0 Å². The maximum atomic E-state index is 13.4. The number of cyclic esters (lactones) is 1. The van der Waals surface area contributed by atoms with E-state index in [1.54, 1.807) is 6.92 Å². The van der Waals surface area contributed by atoms with Crippen LogP contribution in [0.1, 0.15) is 85.5 Å². The molecular weight excluding hydrogens is 464 g/mol. The van der Waals surface area contributed by atoms with E-state index < -0.39 is 51.9 Å². The van der Waals surface area contributed by atoms with Gasteiger partial charge in [-0.2, -0.15) is 0 Å². The van der Waals surface area contributed by atoms with Gasteiger partial charge in [-0.3, -0.25) is 4.79 Å². The molecule has 6 aliphatic rings. The normalized spacial score (nSPS) is 53.6. The van der Waals surface area contributed by atoms with Gasteiger partial charge in [0.25, 0.3) is 0 Å². The van der Waals surface area contributed by atoms with E-state index in [4.69, 9.17) is 9.47 Å². The number of ketones is 1. The van der Waals surface area contributed by atoms with E-state index in [1.807, 2.05) is 13.8 Å². The molecule has 0 aromatic carbocycles. The molecule has 4 saturated carbocycles. The Hall–Kier alpha value is -1.32. The van der Waals surface area contributed by atoms with Crippen molar-refractivity contribution >= 4 is 11.8 Å². The molecule has 0 unspecified atom stereocenters. The van der Waals surface area contributed by atoms with Crippen molar-refractivity contribution in [3.63, 3.8) is 0 Å². The van der Waals surface area contributed by atoms with E-state index in [1.165, 1.54) is 6.92 Å². The first-order valence-corrected chi connectivity index (χ1v) is 13.6. The van der Waals surface area contributed by atoms with Crippen molar-refractivity contribution in [1.29, 1.82) is 0 Å². The van der Waals surface area contributed by atoms with Crippen LogP contribution < -0.4 is 0 Å². The fourth-order valence-corrected chi connectivity index (χ4v) is 9.84. The number of carbonyl (C=O) groups is 2. The lowest BCUT2D eigenvalue weighted by molar-refractivity contribution is -0.296. The summed E-state index contributed by atoms with van der Waals surface area (Å²) in [7, 11) is 0. The van der Waals surface area contributed by atoms with E-state index in [0.29, 0.717) is 24.8 Å². The van der Waals surface area contributed by atoms with Crippen molar-refractivity contribution in [2.45, 2.75) is 120 Å². The quantitative estimate of drug-likeness (QED) is 0.338. The number of rotatable bonds is 3. The van der Waals surface area contributed by atoms with Gasteiger partial charge in [0.1, 0.15) is 28.7 Å². The van der Waals surface area contributed by atoms with Gasteiger partial charge in [0.05, 0.1) is 29.1 Å². The zero-order chi connectivity index (χ0) is 26.1. The van der Waals surface area contributed by atoms with Gasteiger partial charge >= 0.3 is 5.97 Å². The molecule has 0 amide bonds. The van der Waals surface area contributed by atoms with Crippen LogP contribution in [-0.2, 0) is 19.1 Å². The molecular formula is C28H40O8. The molecule has 10 atom stereocenters. The van der Waals surface area contributed by atoms with Gasteiger partial charge in [-0.25, -0.2) is 4.79 Å². The molecule has 1 saturated heterocycles. The lowest BCUT2D eigenvalue weighted by Crippen LogP contribution is -2.75. The molecule has 8 nitrogen and oxygen atoms in total. The highest BCUT2D eigenvalue weighted by Crippen LogP contribution is 2.75. The fourth-order valence-electron chi connectivity index (χ4n) is 9.84. The molecule has 2 aliphatic heterocycles. The topological polar surface area (TPSA) is 137 Å². The number of aliphatic hydroxyl groups excluding tert-OH is 1. The zero-order valence-electron chi connectivity index (χ0n) is 21.8. The number of hydrogen-bond donors (Lipinski definition) is 4. The van der Waals surface area contributed by atoms with Crippen LogP contribution in [0.5, 0.6) is 0 Å². The van der Waals surface area contributed by atoms with E-state index in [0.717, 1.165) is 18.4 Å². The molecule has 4 aliphatic carbocycles. The lowest BCUT2D eigenvalue weighted by Gasteiger charge is -2.64. The third-order valence-electron chi connectivity index (χ3n) is 12.3. The van der Waals surface area contributed by atoms with Crippen LogP contribution >= 0.6 is 0 Å². The van der Waals surface area contributed by atoms with Crippen LogP contribution in [0, 0.1) is 22.7 Å². The van der Waals surface area contributed by atoms with Crippen LogP contribution in [-0.4, -0.2) is 73.4 Å². The molecule has 1 spiro atoms. The average molecular weight is 505 g/mol. The van der Waals surface area contributed by atoms with Crippen LogP contribution in [0.3, 0.4) is 0 Å². The maximum Gasteiger partial charge on any atom is 0.334 e. The number of carbonyl (C=O) groups excluding carboxylic acids is 2. The Morgan fingerprint density at radius 3 is 2.47 bits per heavy atom. The van der Waals surface area contributed by atoms with Crippen LogP contribution in [0.25, 0.3) is 0 Å². The molecule has 36 heavy (non-hydrogen) atoms. The molecule has 5 fully saturated rings. The average Bonchev–Trinajstić information content (AvgIpc) is 3.48. The monoisotopic (exact) mass is 504 g/mol.